The topological polar surface area (TPSA) is 90.9 Å². The smallest absolute Gasteiger partial charge is 0.341 e. The molecule has 0 spiro atoms. The molecule has 0 unspecified atom stereocenters. The summed E-state index contributed by atoms with van der Waals surface area (Å²) in [6.45, 7) is 3.38. The summed E-state index contributed by atoms with van der Waals surface area (Å²) in [5.74, 6) is -1.01. The largest absolute Gasteiger partial charge is 0.483 e. The van der Waals surface area contributed by atoms with E-state index in [1.54, 1.807) is 19.1 Å². The van der Waals surface area contributed by atoms with E-state index in [2.05, 4.69) is 26.0 Å². The number of nitrogens with one attached hydrogen (secondary N) is 1. The first kappa shape index (κ1) is 20.9. The Labute approximate surface area is 168 Å². The van der Waals surface area contributed by atoms with Crippen molar-refractivity contribution in [2.45, 2.75) is 13.8 Å². The van der Waals surface area contributed by atoms with Crippen LogP contribution >= 0.6 is 27.3 Å². The van der Waals surface area contributed by atoms with Gasteiger partial charge in [-0.05, 0) is 53.5 Å². The predicted molar refractivity (Wildman–Crippen MR) is 105 cm³/mol. The fraction of sp³-hybridized carbons (Fsp3) is 0.278. The molecule has 0 aliphatic rings. The number of carbonyl (C=O) groups excluding carboxylic acids is 3. The quantitative estimate of drug-likeness (QED) is 0.667. The summed E-state index contributed by atoms with van der Waals surface area (Å²) < 4.78 is 15.4. The van der Waals surface area contributed by atoms with Gasteiger partial charge in [-0.25, -0.2) is 9.59 Å². The lowest BCUT2D eigenvalue weighted by Gasteiger charge is -2.10. The maximum absolute atomic E-state index is 12.2. The van der Waals surface area contributed by atoms with Crippen LogP contribution in [-0.4, -0.2) is 38.7 Å². The molecule has 27 heavy (non-hydrogen) atoms. The number of hydrogen-bond donors (Lipinski definition) is 1. The number of benzene rings is 1. The average molecular weight is 456 g/mol. The third-order valence-corrected chi connectivity index (χ3v) is 5.48. The molecule has 1 heterocycles. The maximum atomic E-state index is 12.2. The Morgan fingerprint density at radius 3 is 2.37 bits per heavy atom. The normalized spacial score (nSPS) is 10.3. The van der Waals surface area contributed by atoms with Crippen molar-refractivity contribution in [2.75, 3.05) is 26.1 Å². The van der Waals surface area contributed by atoms with Crippen LogP contribution in [0.2, 0.25) is 0 Å². The Morgan fingerprint density at radius 2 is 1.78 bits per heavy atom. The third-order valence-electron chi connectivity index (χ3n) is 3.74. The summed E-state index contributed by atoms with van der Waals surface area (Å²) in [6, 6.07) is 4.63. The molecule has 0 saturated heterocycles. The Morgan fingerprint density at radius 1 is 1.11 bits per heavy atom. The van der Waals surface area contributed by atoms with Gasteiger partial charge in [0, 0.05) is 4.88 Å². The minimum Gasteiger partial charge on any atom is -0.483 e. The Hall–Kier alpha value is -2.39. The molecule has 1 aromatic heterocycles. The molecule has 9 heteroatoms. The van der Waals surface area contributed by atoms with Crippen LogP contribution < -0.4 is 10.1 Å². The van der Waals surface area contributed by atoms with Crippen molar-refractivity contribution in [3.05, 3.63) is 44.2 Å². The van der Waals surface area contributed by atoms with Gasteiger partial charge in [0.05, 0.1) is 29.8 Å². The van der Waals surface area contributed by atoms with E-state index in [9.17, 15) is 14.4 Å². The van der Waals surface area contributed by atoms with E-state index in [1.807, 2.05) is 6.92 Å². The molecule has 1 amide bonds. The first-order chi connectivity index (χ1) is 12.8. The van der Waals surface area contributed by atoms with Crippen molar-refractivity contribution in [1.29, 1.82) is 0 Å². The van der Waals surface area contributed by atoms with Crippen LogP contribution in [0.1, 0.15) is 31.2 Å². The highest BCUT2D eigenvalue weighted by Gasteiger charge is 2.21. The Kier molecular flexibility index (Phi) is 6.98. The van der Waals surface area contributed by atoms with E-state index in [4.69, 9.17) is 9.47 Å². The summed E-state index contributed by atoms with van der Waals surface area (Å²) in [6.07, 6.45) is 0. The highest BCUT2D eigenvalue weighted by Crippen LogP contribution is 2.33. The predicted octanol–water partition coefficient (Wildman–Crippen LogP) is 3.72. The van der Waals surface area contributed by atoms with Crippen molar-refractivity contribution in [3.63, 3.8) is 0 Å². The lowest BCUT2D eigenvalue weighted by Crippen LogP contribution is -2.21. The molecular weight excluding hydrogens is 438 g/mol. The van der Waals surface area contributed by atoms with Gasteiger partial charge in [-0.2, -0.15) is 0 Å². The van der Waals surface area contributed by atoms with Crippen LogP contribution in [0.15, 0.2) is 22.7 Å². The number of aryl methyl sites for hydroxylation is 1. The van der Waals surface area contributed by atoms with Gasteiger partial charge in [-0.3, -0.25) is 4.79 Å². The number of carbonyl (C=O) groups is 3. The molecule has 0 bridgehead atoms. The molecule has 2 aromatic rings. The van der Waals surface area contributed by atoms with Gasteiger partial charge < -0.3 is 19.5 Å². The van der Waals surface area contributed by atoms with Crippen molar-refractivity contribution >= 4 is 50.1 Å². The highest BCUT2D eigenvalue weighted by atomic mass is 79.9. The van der Waals surface area contributed by atoms with E-state index < -0.39 is 17.8 Å². The highest BCUT2D eigenvalue weighted by molar-refractivity contribution is 9.10. The third kappa shape index (κ3) is 4.86. The molecule has 2 rings (SSSR count). The van der Waals surface area contributed by atoms with Crippen LogP contribution in [0.5, 0.6) is 5.75 Å². The van der Waals surface area contributed by atoms with E-state index in [0.29, 0.717) is 26.4 Å². The molecule has 1 N–H and O–H groups in total. The standard InChI is InChI=1S/C18H18BrNO6S/c1-9-10(2)27-16(15(9)18(23)25-4)20-14(21)8-26-13-6-5-11(7-12(13)19)17(22)24-3/h5-7H,8H2,1-4H3,(H,20,21). The number of halogens is 1. The van der Waals surface area contributed by atoms with E-state index in [-0.39, 0.29) is 6.61 Å². The van der Waals surface area contributed by atoms with Gasteiger partial charge in [0.1, 0.15) is 10.8 Å². The molecule has 144 valence electrons. The first-order valence-electron chi connectivity index (χ1n) is 7.77. The minimum atomic E-state index is -0.505. The molecule has 0 aliphatic heterocycles. The van der Waals surface area contributed by atoms with Crippen LogP contribution in [0.4, 0.5) is 5.00 Å². The Bertz CT molecular complexity index is 892. The van der Waals surface area contributed by atoms with Crippen LogP contribution in [0.3, 0.4) is 0 Å². The molecule has 0 atom stereocenters. The lowest BCUT2D eigenvalue weighted by molar-refractivity contribution is -0.118. The number of methoxy groups -OCH3 is 2. The van der Waals surface area contributed by atoms with Crippen LogP contribution in [0, 0.1) is 13.8 Å². The molecular formula is C18H18BrNO6S. The number of thiophene rings is 1. The van der Waals surface area contributed by atoms with Gasteiger partial charge in [0.25, 0.3) is 5.91 Å². The van der Waals surface area contributed by atoms with E-state index in [0.717, 1.165) is 10.4 Å². The summed E-state index contributed by atoms with van der Waals surface area (Å²) in [5, 5.41) is 3.10. The van der Waals surface area contributed by atoms with Crippen LogP contribution in [-0.2, 0) is 14.3 Å². The number of hydrogen-bond acceptors (Lipinski definition) is 7. The fourth-order valence-corrected chi connectivity index (χ4v) is 3.79. The zero-order valence-electron chi connectivity index (χ0n) is 15.2. The molecule has 0 saturated carbocycles. The molecule has 1 aromatic carbocycles. The number of amides is 1. The number of ether oxygens (including phenoxy) is 3. The second kappa shape index (κ2) is 9.01. The molecule has 7 nitrogen and oxygen atoms in total. The first-order valence-corrected chi connectivity index (χ1v) is 9.38. The maximum Gasteiger partial charge on any atom is 0.341 e. The summed E-state index contributed by atoms with van der Waals surface area (Å²) in [4.78, 5) is 36.6. The van der Waals surface area contributed by atoms with E-state index in [1.165, 1.54) is 31.6 Å². The van der Waals surface area contributed by atoms with Crippen molar-refractivity contribution < 1.29 is 28.6 Å². The number of esters is 2. The van der Waals surface area contributed by atoms with Gasteiger partial charge in [-0.15, -0.1) is 11.3 Å². The summed E-state index contributed by atoms with van der Waals surface area (Å²) in [5.41, 5.74) is 1.47. The van der Waals surface area contributed by atoms with Crippen molar-refractivity contribution in [2.24, 2.45) is 0 Å². The van der Waals surface area contributed by atoms with Crippen molar-refractivity contribution in [3.8, 4) is 5.75 Å². The van der Waals surface area contributed by atoms with Crippen molar-refractivity contribution in [1.82, 2.24) is 0 Å². The van der Waals surface area contributed by atoms with E-state index >= 15 is 0 Å². The SMILES string of the molecule is COC(=O)c1ccc(OCC(=O)Nc2sc(C)c(C)c2C(=O)OC)c(Br)c1. The second-order valence-electron chi connectivity index (χ2n) is 5.45. The molecule has 0 aliphatic carbocycles. The summed E-state index contributed by atoms with van der Waals surface area (Å²) in [7, 11) is 2.58. The Balaban J connectivity index is 2.06. The van der Waals surface area contributed by atoms with Gasteiger partial charge >= 0.3 is 11.9 Å². The van der Waals surface area contributed by atoms with Crippen LogP contribution in [0.25, 0.3) is 0 Å². The lowest BCUT2D eigenvalue weighted by atomic mass is 10.1. The van der Waals surface area contributed by atoms with Gasteiger partial charge in [0.2, 0.25) is 0 Å². The molecule has 0 radical (unpaired) electrons. The molecule has 0 fully saturated rings. The number of rotatable bonds is 6. The zero-order valence-corrected chi connectivity index (χ0v) is 17.6. The number of anilines is 1. The van der Waals surface area contributed by atoms with Gasteiger partial charge in [-0.1, -0.05) is 0 Å². The zero-order chi connectivity index (χ0) is 20.1. The summed E-state index contributed by atoms with van der Waals surface area (Å²) >= 11 is 4.59. The fourth-order valence-electron chi connectivity index (χ4n) is 2.23. The second-order valence-corrected chi connectivity index (χ2v) is 7.53. The average Bonchev–Trinajstić information content (AvgIpc) is 2.92. The monoisotopic (exact) mass is 455 g/mol. The minimum absolute atomic E-state index is 0.271. The van der Waals surface area contributed by atoms with Gasteiger partial charge in [0.15, 0.2) is 6.61 Å².